The Morgan fingerprint density at radius 2 is 2.04 bits per heavy atom. The average molecular weight is 385 g/mol. The minimum absolute atomic E-state index is 0.116. The molecule has 1 aliphatic heterocycles. The van der Waals surface area contributed by atoms with E-state index in [2.05, 4.69) is 48.1 Å². The number of rotatable bonds is 5. The fourth-order valence-electron chi connectivity index (χ4n) is 3.13. The number of aromatic nitrogens is 2. The summed E-state index contributed by atoms with van der Waals surface area (Å²) in [6.45, 7) is 8.91. The van der Waals surface area contributed by atoms with E-state index in [-0.39, 0.29) is 17.7 Å². The Kier molecular flexibility index (Phi) is 6.01. The highest BCUT2D eigenvalue weighted by atomic mass is 32.1. The number of anilines is 1. The van der Waals surface area contributed by atoms with Gasteiger partial charge in [0.25, 0.3) is 0 Å². The average Bonchev–Trinajstić information content (AvgIpc) is 3.16. The van der Waals surface area contributed by atoms with Crippen molar-refractivity contribution in [2.75, 3.05) is 18.4 Å². The van der Waals surface area contributed by atoms with Crippen LogP contribution >= 0.6 is 11.3 Å². The van der Waals surface area contributed by atoms with Gasteiger partial charge in [-0.2, -0.15) is 0 Å². The molecule has 142 valence electrons. The van der Waals surface area contributed by atoms with E-state index < -0.39 is 0 Å². The number of hydrogen-bond donors (Lipinski definition) is 1. The molecule has 27 heavy (non-hydrogen) atoms. The molecule has 7 heteroatoms. The van der Waals surface area contributed by atoms with E-state index in [1.807, 2.05) is 12.1 Å². The van der Waals surface area contributed by atoms with Gasteiger partial charge in [0, 0.05) is 18.7 Å². The van der Waals surface area contributed by atoms with Crippen molar-refractivity contribution in [2.24, 2.45) is 5.92 Å². The first-order chi connectivity index (χ1) is 13.0. The summed E-state index contributed by atoms with van der Waals surface area (Å²) in [7, 11) is 0. The number of likely N-dealkylation sites (tertiary alicyclic amines) is 1. The van der Waals surface area contributed by atoms with Crippen LogP contribution in [0.1, 0.15) is 38.2 Å². The summed E-state index contributed by atoms with van der Waals surface area (Å²) in [5, 5.41) is 12.4. The zero-order valence-corrected chi connectivity index (χ0v) is 16.5. The van der Waals surface area contributed by atoms with Gasteiger partial charge in [-0.1, -0.05) is 56.0 Å². The van der Waals surface area contributed by atoms with Crippen molar-refractivity contribution in [1.82, 2.24) is 15.1 Å². The Morgan fingerprint density at radius 1 is 1.30 bits per heavy atom. The van der Waals surface area contributed by atoms with Crippen molar-refractivity contribution in [3.8, 4) is 10.6 Å². The highest BCUT2D eigenvalue weighted by molar-refractivity contribution is 7.18. The Hall–Kier alpha value is -2.54. The fourth-order valence-corrected chi connectivity index (χ4v) is 3.88. The van der Waals surface area contributed by atoms with Crippen molar-refractivity contribution in [3.05, 3.63) is 42.5 Å². The number of hydrogen-bond acceptors (Lipinski definition) is 5. The van der Waals surface area contributed by atoms with Gasteiger partial charge >= 0.3 is 0 Å². The van der Waals surface area contributed by atoms with Crippen molar-refractivity contribution in [2.45, 2.75) is 32.6 Å². The first kappa shape index (κ1) is 19.2. The Morgan fingerprint density at radius 3 is 2.70 bits per heavy atom. The van der Waals surface area contributed by atoms with Gasteiger partial charge in [0.15, 0.2) is 0 Å². The highest BCUT2D eigenvalue weighted by Gasteiger charge is 2.28. The Balaban J connectivity index is 1.64. The van der Waals surface area contributed by atoms with E-state index in [9.17, 15) is 9.59 Å². The largest absolute Gasteiger partial charge is 0.338 e. The van der Waals surface area contributed by atoms with Crippen LogP contribution in [0.2, 0.25) is 0 Å². The second kappa shape index (κ2) is 8.43. The fraction of sp³-hybridized carbons (Fsp3) is 0.400. The molecule has 0 bridgehead atoms. The topological polar surface area (TPSA) is 75.2 Å². The number of amides is 2. The van der Waals surface area contributed by atoms with Crippen LogP contribution in [0, 0.1) is 5.92 Å². The van der Waals surface area contributed by atoms with E-state index in [0.29, 0.717) is 24.1 Å². The summed E-state index contributed by atoms with van der Waals surface area (Å²) in [4.78, 5) is 26.0. The van der Waals surface area contributed by atoms with E-state index in [0.717, 1.165) is 23.4 Å². The molecule has 1 aromatic heterocycles. The third-order valence-corrected chi connectivity index (χ3v) is 5.65. The van der Waals surface area contributed by atoms with Crippen molar-refractivity contribution in [1.29, 1.82) is 0 Å². The minimum atomic E-state index is -0.236. The van der Waals surface area contributed by atoms with Crippen LogP contribution < -0.4 is 5.32 Å². The Labute approximate surface area is 163 Å². The van der Waals surface area contributed by atoms with Gasteiger partial charge in [-0.25, -0.2) is 0 Å². The van der Waals surface area contributed by atoms with Gasteiger partial charge in [0.1, 0.15) is 5.01 Å². The van der Waals surface area contributed by atoms with E-state index in [1.54, 1.807) is 4.90 Å². The quantitative estimate of drug-likeness (QED) is 0.798. The third kappa shape index (κ3) is 4.60. The lowest BCUT2D eigenvalue weighted by Gasteiger charge is -2.31. The van der Waals surface area contributed by atoms with Crippen LogP contribution in [0.25, 0.3) is 10.6 Å². The SMILES string of the molecule is C=CC(=O)N1CCCC(C(=O)Nc2nnc(-c3ccc(C(C)C)cc3)s2)C1. The number of carbonyl (C=O) groups excluding carboxylic acids is 2. The summed E-state index contributed by atoms with van der Waals surface area (Å²) in [5.74, 6) is -0.00311. The van der Waals surface area contributed by atoms with E-state index in [4.69, 9.17) is 0 Å². The maximum atomic E-state index is 12.6. The van der Waals surface area contributed by atoms with Crippen LogP contribution in [-0.4, -0.2) is 40.0 Å². The molecule has 2 amide bonds. The molecule has 1 N–H and O–H groups in total. The molecule has 6 nitrogen and oxygen atoms in total. The summed E-state index contributed by atoms with van der Waals surface area (Å²) < 4.78 is 0. The summed E-state index contributed by atoms with van der Waals surface area (Å²) in [5.41, 5.74) is 2.26. The molecule has 0 radical (unpaired) electrons. The first-order valence-corrected chi connectivity index (χ1v) is 9.95. The van der Waals surface area contributed by atoms with Crippen LogP contribution in [-0.2, 0) is 9.59 Å². The predicted molar refractivity (Wildman–Crippen MR) is 108 cm³/mol. The zero-order chi connectivity index (χ0) is 19.4. The molecule has 1 fully saturated rings. The van der Waals surface area contributed by atoms with Crippen molar-refractivity contribution < 1.29 is 9.59 Å². The number of benzene rings is 1. The molecule has 1 aromatic carbocycles. The van der Waals surface area contributed by atoms with Crippen LogP contribution in [0.4, 0.5) is 5.13 Å². The highest BCUT2D eigenvalue weighted by Crippen LogP contribution is 2.28. The number of carbonyl (C=O) groups is 2. The molecule has 1 saturated heterocycles. The maximum Gasteiger partial charge on any atom is 0.245 e. The van der Waals surface area contributed by atoms with Gasteiger partial charge in [0.2, 0.25) is 16.9 Å². The molecule has 3 rings (SSSR count). The van der Waals surface area contributed by atoms with Crippen molar-refractivity contribution in [3.63, 3.8) is 0 Å². The van der Waals surface area contributed by atoms with Crippen LogP contribution in [0.3, 0.4) is 0 Å². The van der Waals surface area contributed by atoms with Crippen molar-refractivity contribution >= 4 is 28.3 Å². The molecule has 2 aromatic rings. The monoisotopic (exact) mass is 384 g/mol. The third-order valence-electron chi connectivity index (χ3n) is 4.76. The number of nitrogens with zero attached hydrogens (tertiary/aromatic N) is 3. The molecule has 1 atom stereocenters. The molecule has 2 heterocycles. The maximum absolute atomic E-state index is 12.6. The molecule has 0 spiro atoms. The molecular weight excluding hydrogens is 360 g/mol. The van der Waals surface area contributed by atoms with Crippen LogP contribution in [0.15, 0.2) is 36.9 Å². The molecule has 1 aliphatic rings. The predicted octanol–water partition coefficient (Wildman–Crippen LogP) is 3.69. The summed E-state index contributed by atoms with van der Waals surface area (Å²) in [6.07, 6.45) is 2.86. The number of nitrogens with one attached hydrogen (secondary N) is 1. The van der Waals surface area contributed by atoms with Crippen LogP contribution in [0.5, 0.6) is 0 Å². The van der Waals surface area contributed by atoms with Gasteiger partial charge < -0.3 is 10.2 Å². The lowest BCUT2D eigenvalue weighted by Crippen LogP contribution is -2.43. The normalized spacial score (nSPS) is 17.0. The van der Waals surface area contributed by atoms with Gasteiger partial charge in [-0.3, -0.25) is 9.59 Å². The Bertz CT molecular complexity index is 829. The van der Waals surface area contributed by atoms with E-state index >= 15 is 0 Å². The summed E-state index contributed by atoms with van der Waals surface area (Å²) in [6, 6.07) is 8.24. The summed E-state index contributed by atoms with van der Waals surface area (Å²) >= 11 is 1.35. The van der Waals surface area contributed by atoms with E-state index in [1.165, 1.54) is 23.0 Å². The molecule has 1 unspecified atom stereocenters. The first-order valence-electron chi connectivity index (χ1n) is 9.14. The standard InChI is InChI=1S/C20H24N4O2S/c1-4-17(25)24-11-5-6-16(12-24)18(26)21-20-23-22-19(27-20)15-9-7-14(8-10-15)13(2)3/h4,7-10,13,16H,1,5-6,11-12H2,2-3H3,(H,21,23,26). The van der Waals surface area contributed by atoms with Gasteiger partial charge in [0.05, 0.1) is 5.92 Å². The lowest BCUT2D eigenvalue weighted by atomic mass is 9.97. The second-order valence-corrected chi connectivity index (χ2v) is 7.98. The zero-order valence-electron chi connectivity index (χ0n) is 15.6. The molecule has 0 saturated carbocycles. The minimum Gasteiger partial charge on any atom is -0.338 e. The molecule has 0 aliphatic carbocycles. The second-order valence-electron chi connectivity index (χ2n) is 7.01. The number of piperidine rings is 1. The van der Waals surface area contributed by atoms with Gasteiger partial charge in [-0.05, 0) is 30.4 Å². The smallest absolute Gasteiger partial charge is 0.245 e. The lowest BCUT2D eigenvalue weighted by molar-refractivity contribution is -0.130. The van der Waals surface area contributed by atoms with Gasteiger partial charge in [-0.15, -0.1) is 10.2 Å². The molecular formula is C20H24N4O2S.